The second-order valence-corrected chi connectivity index (χ2v) is 6.45. The number of benzene rings is 1. The quantitative estimate of drug-likeness (QED) is 0.912. The monoisotopic (exact) mass is 312 g/mol. The Morgan fingerprint density at radius 3 is 3.04 bits per heavy atom. The molecule has 2 heterocycles. The number of aromatic amines is 1. The Morgan fingerprint density at radius 2 is 2.26 bits per heavy atom. The molecule has 2 N–H and O–H groups in total. The molecule has 2 aromatic rings. The zero-order chi connectivity index (χ0) is 16.2. The fourth-order valence-electron chi connectivity index (χ4n) is 3.21. The topological polar surface area (TPSA) is 61.0 Å². The third-order valence-corrected chi connectivity index (χ3v) is 4.50. The first-order valence-electron chi connectivity index (χ1n) is 8.20. The van der Waals surface area contributed by atoms with E-state index in [1.165, 1.54) is 5.69 Å². The summed E-state index contributed by atoms with van der Waals surface area (Å²) in [5.74, 6) is 0.503. The number of likely N-dealkylation sites (tertiary alicyclic amines) is 1. The predicted octanol–water partition coefficient (Wildman–Crippen LogP) is 2.84. The fourth-order valence-corrected chi connectivity index (χ4v) is 3.21. The predicted molar refractivity (Wildman–Crippen MR) is 91.5 cm³/mol. The lowest BCUT2D eigenvalue weighted by Gasteiger charge is -2.31. The van der Waals surface area contributed by atoms with Crippen LogP contribution in [0.4, 0.5) is 5.69 Å². The van der Waals surface area contributed by atoms with E-state index in [4.69, 9.17) is 0 Å². The number of nitrogens with one attached hydrogen (secondary N) is 2. The highest BCUT2D eigenvalue weighted by Gasteiger charge is 2.23. The van der Waals surface area contributed by atoms with Gasteiger partial charge in [-0.05, 0) is 56.5 Å². The summed E-state index contributed by atoms with van der Waals surface area (Å²) in [6.07, 6.45) is 4.05. The normalized spacial score (nSPS) is 18.8. The Kier molecular flexibility index (Phi) is 4.76. The summed E-state index contributed by atoms with van der Waals surface area (Å²) in [5.41, 5.74) is 4.34. The second-order valence-electron chi connectivity index (χ2n) is 6.45. The van der Waals surface area contributed by atoms with Crippen LogP contribution in [0.1, 0.15) is 35.6 Å². The molecule has 1 unspecified atom stereocenters. The molecule has 0 aliphatic carbocycles. The summed E-state index contributed by atoms with van der Waals surface area (Å²) in [6.45, 7) is 6.38. The molecule has 0 bridgehead atoms. The van der Waals surface area contributed by atoms with Crippen LogP contribution in [0.5, 0.6) is 0 Å². The van der Waals surface area contributed by atoms with Crippen LogP contribution in [-0.2, 0) is 4.79 Å². The number of carbonyl (C=O) groups excluding carboxylic acids is 1. The summed E-state index contributed by atoms with van der Waals surface area (Å²) in [7, 11) is 0. The van der Waals surface area contributed by atoms with Gasteiger partial charge in [0.25, 0.3) is 0 Å². The lowest BCUT2D eigenvalue weighted by Crippen LogP contribution is -2.39. The number of hydrogen-bond acceptors (Lipinski definition) is 3. The lowest BCUT2D eigenvalue weighted by molar-refractivity contribution is -0.117. The van der Waals surface area contributed by atoms with Crippen LogP contribution >= 0.6 is 0 Å². The number of hydrogen-bond donors (Lipinski definition) is 2. The summed E-state index contributed by atoms with van der Waals surface area (Å²) in [5, 5.41) is 10.1. The lowest BCUT2D eigenvalue weighted by atomic mass is 9.95. The number of H-pyrrole nitrogens is 1. The van der Waals surface area contributed by atoms with Crippen LogP contribution in [0.3, 0.4) is 0 Å². The summed E-state index contributed by atoms with van der Waals surface area (Å²) >= 11 is 0. The van der Waals surface area contributed by atoms with E-state index >= 15 is 0 Å². The van der Waals surface area contributed by atoms with Gasteiger partial charge < -0.3 is 5.32 Å². The minimum Gasteiger partial charge on any atom is -0.325 e. The van der Waals surface area contributed by atoms with Crippen molar-refractivity contribution in [2.45, 2.75) is 32.6 Å². The Bertz CT molecular complexity index is 666. The number of aryl methyl sites for hydroxylation is 2. The van der Waals surface area contributed by atoms with Gasteiger partial charge in [-0.3, -0.25) is 14.8 Å². The molecule has 0 spiro atoms. The van der Waals surface area contributed by atoms with E-state index in [1.54, 1.807) is 6.20 Å². The van der Waals surface area contributed by atoms with E-state index in [2.05, 4.69) is 26.5 Å². The van der Waals surface area contributed by atoms with Crippen molar-refractivity contribution in [3.05, 3.63) is 47.3 Å². The Hall–Kier alpha value is -2.14. The number of rotatable bonds is 4. The van der Waals surface area contributed by atoms with E-state index in [0.29, 0.717) is 12.5 Å². The minimum atomic E-state index is 0.0592. The molecule has 1 fully saturated rings. The molecule has 5 heteroatoms. The molecule has 23 heavy (non-hydrogen) atoms. The van der Waals surface area contributed by atoms with Crippen LogP contribution in [0.2, 0.25) is 0 Å². The second kappa shape index (κ2) is 6.96. The van der Waals surface area contributed by atoms with Gasteiger partial charge in [0.05, 0.1) is 6.54 Å². The maximum absolute atomic E-state index is 12.4. The number of aromatic nitrogens is 2. The van der Waals surface area contributed by atoms with Crippen molar-refractivity contribution in [2.75, 3.05) is 25.0 Å². The van der Waals surface area contributed by atoms with Crippen molar-refractivity contribution < 1.29 is 4.79 Å². The van der Waals surface area contributed by atoms with Crippen LogP contribution in [-0.4, -0.2) is 40.6 Å². The maximum atomic E-state index is 12.4. The SMILES string of the molecule is Cc1ccc(C)c(NC(=O)CN2CCCC(c3ccn[nH]3)C2)c1. The van der Waals surface area contributed by atoms with Gasteiger partial charge in [-0.25, -0.2) is 0 Å². The minimum absolute atomic E-state index is 0.0592. The van der Waals surface area contributed by atoms with Gasteiger partial charge in [-0.15, -0.1) is 0 Å². The van der Waals surface area contributed by atoms with Gasteiger partial charge >= 0.3 is 0 Å². The van der Waals surface area contributed by atoms with E-state index in [1.807, 2.05) is 32.0 Å². The molecule has 0 radical (unpaired) electrons. The molecule has 1 atom stereocenters. The molecule has 122 valence electrons. The highest BCUT2D eigenvalue weighted by atomic mass is 16.2. The van der Waals surface area contributed by atoms with Crippen molar-refractivity contribution in [3.8, 4) is 0 Å². The molecule has 1 saturated heterocycles. The van der Waals surface area contributed by atoms with Crippen LogP contribution in [0, 0.1) is 13.8 Å². The van der Waals surface area contributed by atoms with Gasteiger partial charge in [0.1, 0.15) is 0 Å². The summed E-state index contributed by atoms with van der Waals surface area (Å²) in [6, 6.07) is 8.16. The largest absolute Gasteiger partial charge is 0.325 e. The Morgan fingerprint density at radius 1 is 1.39 bits per heavy atom. The van der Waals surface area contributed by atoms with Gasteiger partial charge in [0, 0.05) is 30.0 Å². The molecule has 1 aliphatic heterocycles. The first kappa shape index (κ1) is 15.7. The summed E-state index contributed by atoms with van der Waals surface area (Å²) in [4.78, 5) is 14.6. The highest BCUT2D eigenvalue weighted by Crippen LogP contribution is 2.25. The number of piperidine rings is 1. The standard InChI is InChI=1S/C18H24N4O/c1-13-5-6-14(2)17(10-13)20-18(23)12-22-9-3-4-15(11-22)16-7-8-19-21-16/h5-8,10,15H,3-4,9,11-12H2,1-2H3,(H,19,21)(H,20,23). The van der Waals surface area contributed by atoms with E-state index in [-0.39, 0.29) is 5.91 Å². The number of amides is 1. The van der Waals surface area contributed by atoms with Gasteiger partial charge in [0.2, 0.25) is 5.91 Å². The average molecular weight is 312 g/mol. The van der Waals surface area contributed by atoms with Crippen molar-refractivity contribution in [1.29, 1.82) is 0 Å². The van der Waals surface area contributed by atoms with Crippen molar-refractivity contribution in [1.82, 2.24) is 15.1 Å². The van der Waals surface area contributed by atoms with Crippen LogP contribution in [0.25, 0.3) is 0 Å². The van der Waals surface area contributed by atoms with Crippen molar-refractivity contribution in [2.24, 2.45) is 0 Å². The third kappa shape index (κ3) is 3.99. The molecule has 3 rings (SSSR count). The van der Waals surface area contributed by atoms with E-state index in [9.17, 15) is 4.79 Å². The molecule has 1 aromatic heterocycles. The molecular formula is C18H24N4O. The zero-order valence-corrected chi connectivity index (χ0v) is 13.8. The number of nitrogens with zero attached hydrogens (tertiary/aromatic N) is 2. The maximum Gasteiger partial charge on any atom is 0.238 e. The Labute approximate surface area is 137 Å². The molecule has 0 saturated carbocycles. The van der Waals surface area contributed by atoms with E-state index < -0.39 is 0 Å². The first-order valence-corrected chi connectivity index (χ1v) is 8.20. The molecular weight excluding hydrogens is 288 g/mol. The van der Waals surface area contributed by atoms with Crippen molar-refractivity contribution in [3.63, 3.8) is 0 Å². The number of carbonyl (C=O) groups is 1. The Balaban J connectivity index is 1.58. The molecule has 5 nitrogen and oxygen atoms in total. The van der Waals surface area contributed by atoms with Gasteiger partial charge in [-0.1, -0.05) is 12.1 Å². The van der Waals surface area contributed by atoms with Crippen molar-refractivity contribution >= 4 is 11.6 Å². The van der Waals surface area contributed by atoms with E-state index in [0.717, 1.165) is 42.7 Å². The van der Waals surface area contributed by atoms with Crippen LogP contribution in [0.15, 0.2) is 30.5 Å². The van der Waals surface area contributed by atoms with Gasteiger partial charge in [0.15, 0.2) is 0 Å². The number of anilines is 1. The highest BCUT2D eigenvalue weighted by molar-refractivity contribution is 5.93. The average Bonchev–Trinajstić information content (AvgIpc) is 3.05. The smallest absolute Gasteiger partial charge is 0.238 e. The zero-order valence-electron chi connectivity index (χ0n) is 13.8. The molecule has 1 aliphatic rings. The molecule has 1 aromatic carbocycles. The molecule has 1 amide bonds. The third-order valence-electron chi connectivity index (χ3n) is 4.50. The first-order chi connectivity index (χ1) is 11.1. The summed E-state index contributed by atoms with van der Waals surface area (Å²) < 4.78 is 0. The van der Waals surface area contributed by atoms with Gasteiger partial charge in [-0.2, -0.15) is 5.10 Å². The fraction of sp³-hybridized carbons (Fsp3) is 0.444. The van der Waals surface area contributed by atoms with Crippen LogP contribution < -0.4 is 5.32 Å².